The number of benzene rings is 3. The van der Waals surface area contributed by atoms with Crippen LogP contribution in [0.25, 0.3) is 0 Å². The van der Waals surface area contributed by atoms with E-state index < -0.39 is 6.04 Å². The number of hydrogen-bond acceptors (Lipinski definition) is 3. The SMILES string of the molecule is CCNC(=O)C(Cc1ccccc1)N(Cc1ccc(C)cc1)C(=O)Cc1ccc(OC)cc1. The van der Waals surface area contributed by atoms with Gasteiger partial charge in [-0.15, -0.1) is 0 Å². The van der Waals surface area contributed by atoms with E-state index in [-0.39, 0.29) is 18.2 Å². The summed E-state index contributed by atoms with van der Waals surface area (Å²) in [5.41, 5.74) is 4.04. The quantitative estimate of drug-likeness (QED) is 0.507. The number of carbonyl (C=O) groups excluding carboxylic acids is 2. The molecule has 3 aromatic carbocycles. The molecule has 0 saturated heterocycles. The molecule has 0 aliphatic rings. The van der Waals surface area contributed by atoms with Crippen molar-refractivity contribution in [2.24, 2.45) is 0 Å². The van der Waals surface area contributed by atoms with Crippen molar-refractivity contribution in [3.05, 3.63) is 101 Å². The molecule has 3 aromatic rings. The summed E-state index contributed by atoms with van der Waals surface area (Å²) >= 11 is 0. The number of methoxy groups -OCH3 is 1. The molecule has 5 nitrogen and oxygen atoms in total. The minimum absolute atomic E-state index is 0.0899. The van der Waals surface area contributed by atoms with Gasteiger partial charge in [-0.3, -0.25) is 9.59 Å². The highest BCUT2D eigenvalue weighted by molar-refractivity contribution is 5.88. The standard InChI is InChI=1S/C28H32N2O3/c1-4-29-28(32)26(18-22-8-6-5-7-9-22)30(20-24-12-10-21(2)11-13-24)27(31)19-23-14-16-25(33-3)17-15-23/h5-17,26H,4,18-20H2,1-3H3,(H,29,32). The van der Waals surface area contributed by atoms with Crippen LogP contribution in [-0.4, -0.2) is 36.4 Å². The number of amides is 2. The third kappa shape index (κ3) is 6.94. The predicted molar refractivity (Wildman–Crippen MR) is 131 cm³/mol. The summed E-state index contributed by atoms with van der Waals surface area (Å²) in [7, 11) is 1.62. The molecule has 1 atom stereocenters. The molecular weight excluding hydrogens is 412 g/mol. The maximum atomic E-state index is 13.6. The molecule has 0 spiro atoms. The lowest BCUT2D eigenvalue weighted by Gasteiger charge is -2.31. The third-order valence-corrected chi connectivity index (χ3v) is 5.61. The van der Waals surface area contributed by atoms with Gasteiger partial charge in [0.15, 0.2) is 0 Å². The van der Waals surface area contributed by atoms with Gasteiger partial charge in [-0.1, -0.05) is 72.3 Å². The summed E-state index contributed by atoms with van der Waals surface area (Å²) in [5.74, 6) is 0.511. The van der Waals surface area contributed by atoms with E-state index in [2.05, 4.69) is 5.32 Å². The maximum absolute atomic E-state index is 13.6. The molecule has 1 unspecified atom stereocenters. The van der Waals surface area contributed by atoms with E-state index in [1.165, 1.54) is 0 Å². The van der Waals surface area contributed by atoms with Crippen molar-refractivity contribution in [3.63, 3.8) is 0 Å². The highest BCUT2D eigenvalue weighted by Gasteiger charge is 2.30. The summed E-state index contributed by atoms with van der Waals surface area (Å²) in [6, 6.07) is 24.8. The van der Waals surface area contributed by atoms with Gasteiger partial charge >= 0.3 is 0 Å². The fraction of sp³-hybridized carbons (Fsp3) is 0.286. The fourth-order valence-electron chi connectivity index (χ4n) is 3.76. The number of aryl methyl sites for hydroxylation is 1. The molecule has 0 fully saturated rings. The van der Waals surface area contributed by atoms with E-state index in [4.69, 9.17) is 4.74 Å². The number of nitrogens with zero attached hydrogens (tertiary/aromatic N) is 1. The Kier molecular flexibility index (Phi) is 8.64. The van der Waals surface area contributed by atoms with Crippen LogP contribution in [0.4, 0.5) is 0 Å². The molecule has 5 heteroatoms. The minimum Gasteiger partial charge on any atom is -0.497 e. The molecule has 3 rings (SSSR count). The Labute approximate surface area is 196 Å². The van der Waals surface area contributed by atoms with Crippen LogP contribution in [0, 0.1) is 6.92 Å². The van der Waals surface area contributed by atoms with Crippen LogP contribution in [0.5, 0.6) is 5.75 Å². The topological polar surface area (TPSA) is 58.6 Å². The lowest BCUT2D eigenvalue weighted by Crippen LogP contribution is -2.50. The number of nitrogens with one attached hydrogen (secondary N) is 1. The first-order valence-corrected chi connectivity index (χ1v) is 11.3. The summed E-state index contributed by atoms with van der Waals surface area (Å²) in [4.78, 5) is 28.5. The van der Waals surface area contributed by atoms with E-state index in [0.717, 1.165) is 28.0 Å². The van der Waals surface area contributed by atoms with E-state index in [9.17, 15) is 9.59 Å². The number of likely N-dealkylation sites (N-methyl/N-ethyl adjacent to an activating group) is 1. The largest absolute Gasteiger partial charge is 0.497 e. The van der Waals surface area contributed by atoms with E-state index in [1.807, 2.05) is 92.7 Å². The summed E-state index contributed by atoms with van der Waals surface area (Å²) in [6.07, 6.45) is 0.660. The Bertz CT molecular complexity index is 1030. The van der Waals surface area contributed by atoms with Gasteiger partial charge in [0, 0.05) is 19.5 Å². The average molecular weight is 445 g/mol. The molecule has 0 bridgehead atoms. The number of hydrogen-bond donors (Lipinski definition) is 1. The van der Waals surface area contributed by atoms with Crippen LogP contribution in [0.1, 0.15) is 29.2 Å². The second-order valence-electron chi connectivity index (χ2n) is 8.13. The van der Waals surface area contributed by atoms with Crippen molar-refractivity contribution in [2.75, 3.05) is 13.7 Å². The average Bonchev–Trinajstić information content (AvgIpc) is 2.83. The van der Waals surface area contributed by atoms with Crippen LogP contribution in [-0.2, 0) is 29.0 Å². The Hall–Kier alpha value is -3.60. The molecule has 172 valence electrons. The zero-order chi connectivity index (χ0) is 23.6. The molecule has 0 aliphatic carbocycles. The zero-order valence-electron chi connectivity index (χ0n) is 19.6. The molecule has 2 amide bonds. The molecule has 0 aliphatic heterocycles. The number of carbonyl (C=O) groups is 2. The molecule has 0 aromatic heterocycles. The Morgan fingerprint density at radius 1 is 0.879 bits per heavy atom. The Morgan fingerprint density at radius 3 is 2.12 bits per heavy atom. The van der Waals surface area contributed by atoms with Gasteiger partial charge in [0.25, 0.3) is 0 Å². The fourth-order valence-corrected chi connectivity index (χ4v) is 3.76. The van der Waals surface area contributed by atoms with Crippen molar-refractivity contribution < 1.29 is 14.3 Å². The maximum Gasteiger partial charge on any atom is 0.243 e. The van der Waals surface area contributed by atoms with Gasteiger partial charge in [0.1, 0.15) is 11.8 Å². The van der Waals surface area contributed by atoms with Crippen molar-refractivity contribution in [1.82, 2.24) is 10.2 Å². The smallest absolute Gasteiger partial charge is 0.243 e. The lowest BCUT2D eigenvalue weighted by molar-refractivity contribution is -0.140. The summed E-state index contributed by atoms with van der Waals surface area (Å²) in [6.45, 7) is 4.79. The summed E-state index contributed by atoms with van der Waals surface area (Å²) < 4.78 is 5.22. The molecular formula is C28H32N2O3. The monoisotopic (exact) mass is 444 g/mol. The van der Waals surface area contributed by atoms with E-state index in [0.29, 0.717) is 19.5 Å². The highest BCUT2D eigenvalue weighted by Crippen LogP contribution is 2.18. The summed E-state index contributed by atoms with van der Waals surface area (Å²) in [5, 5.41) is 2.93. The van der Waals surface area contributed by atoms with Crippen LogP contribution in [0.2, 0.25) is 0 Å². The minimum atomic E-state index is -0.612. The van der Waals surface area contributed by atoms with Crippen molar-refractivity contribution in [2.45, 2.75) is 39.3 Å². The molecule has 1 N–H and O–H groups in total. The van der Waals surface area contributed by atoms with Gasteiger partial charge < -0.3 is 15.0 Å². The molecule has 0 radical (unpaired) electrons. The molecule has 0 saturated carbocycles. The predicted octanol–water partition coefficient (Wildman–Crippen LogP) is 4.32. The van der Waals surface area contributed by atoms with Crippen molar-refractivity contribution in [3.8, 4) is 5.75 Å². The van der Waals surface area contributed by atoms with E-state index >= 15 is 0 Å². The van der Waals surface area contributed by atoms with Crippen molar-refractivity contribution in [1.29, 1.82) is 0 Å². The molecule has 33 heavy (non-hydrogen) atoms. The Morgan fingerprint density at radius 2 is 1.52 bits per heavy atom. The third-order valence-electron chi connectivity index (χ3n) is 5.61. The van der Waals surface area contributed by atoms with Crippen molar-refractivity contribution >= 4 is 11.8 Å². The van der Waals surface area contributed by atoms with Crippen LogP contribution < -0.4 is 10.1 Å². The van der Waals surface area contributed by atoms with Gasteiger partial charge in [-0.2, -0.15) is 0 Å². The van der Waals surface area contributed by atoms with Gasteiger partial charge in [0.05, 0.1) is 13.5 Å². The first kappa shape index (κ1) is 24.1. The first-order chi connectivity index (χ1) is 16.0. The van der Waals surface area contributed by atoms with Gasteiger partial charge in [-0.25, -0.2) is 0 Å². The van der Waals surface area contributed by atoms with Crippen LogP contribution >= 0.6 is 0 Å². The highest BCUT2D eigenvalue weighted by atomic mass is 16.5. The van der Waals surface area contributed by atoms with Gasteiger partial charge in [-0.05, 0) is 42.7 Å². The molecule has 0 heterocycles. The first-order valence-electron chi connectivity index (χ1n) is 11.3. The number of ether oxygens (including phenoxy) is 1. The number of rotatable bonds is 10. The van der Waals surface area contributed by atoms with Gasteiger partial charge in [0.2, 0.25) is 11.8 Å². The van der Waals surface area contributed by atoms with Crippen LogP contribution in [0.15, 0.2) is 78.9 Å². The second-order valence-corrected chi connectivity index (χ2v) is 8.13. The lowest BCUT2D eigenvalue weighted by atomic mass is 10.0. The van der Waals surface area contributed by atoms with Crippen LogP contribution in [0.3, 0.4) is 0 Å². The van der Waals surface area contributed by atoms with E-state index in [1.54, 1.807) is 12.0 Å². The normalized spacial score (nSPS) is 11.5. The second kappa shape index (κ2) is 11.9. The Balaban J connectivity index is 1.92. The zero-order valence-corrected chi connectivity index (χ0v) is 19.6.